The average Bonchev–Trinajstić information content (AvgIpc) is 3.58. The summed E-state index contributed by atoms with van der Waals surface area (Å²) in [5, 5.41) is 33.7. The molecular weight excluding hydrogens is 653 g/mol. The maximum Gasteiger partial charge on any atom is 0.305 e. The number of unbranched alkanes of at least 4 members (excludes halogenated alkanes) is 2. The first-order chi connectivity index (χ1) is 21.8. The lowest BCUT2D eigenvalue weighted by atomic mass is 9.85. The minimum Gasteiger partial charge on any atom is -0.465 e. The first-order valence-corrected chi connectivity index (χ1v) is 20.4. The van der Waals surface area contributed by atoms with E-state index in [1.165, 1.54) is 6.07 Å². The van der Waals surface area contributed by atoms with Crippen LogP contribution in [-0.4, -0.2) is 81.1 Å². The number of hydrogen-bond donors (Lipinski definition) is 4. The molecular formula is C32H52N2O9S3. The van der Waals surface area contributed by atoms with E-state index in [9.17, 15) is 36.9 Å². The van der Waals surface area contributed by atoms with E-state index in [-0.39, 0.29) is 51.8 Å². The highest BCUT2D eigenvalue weighted by molar-refractivity contribution is 7.96. The molecule has 3 rings (SSSR count). The summed E-state index contributed by atoms with van der Waals surface area (Å²) in [6.07, 6.45) is 10.5. The number of aliphatic hydroxyl groups is 3. The van der Waals surface area contributed by atoms with Gasteiger partial charge in [0.15, 0.2) is 9.84 Å². The van der Waals surface area contributed by atoms with Gasteiger partial charge in [0.2, 0.25) is 0 Å². The van der Waals surface area contributed by atoms with Crippen LogP contribution in [0, 0.1) is 11.8 Å². The molecule has 4 N–H and O–H groups in total. The fraction of sp³-hybridized carbons (Fsp3) is 0.750. The van der Waals surface area contributed by atoms with Gasteiger partial charge in [0.1, 0.15) is 8.42 Å². The number of fused-ring (bicyclic) bond motifs is 1. The Balaban J connectivity index is 1.37. The summed E-state index contributed by atoms with van der Waals surface area (Å²) in [7, 11) is -7.71. The molecule has 0 saturated heterocycles. The smallest absolute Gasteiger partial charge is 0.305 e. The van der Waals surface area contributed by atoms with Gasteiger partial charge in [0.25, 0.3) is 10.0 Å². The fourth-order valence-corrected chi connectivity index (χ4v) is 11.2. The molecule has 46 heavy (non-hydrogen) atoms. The number of rotatable bonds is 19. The van der Waals surface area contributed by atoms with Crippen molar-refractivity contribution in [1.82, 2.24) is 5.32 Å². The van der Waals surface area contributed by atoms with Crippen LogP contribution in [0.3, 0.4) is 0 Å². The van der Waals surface area contributed by atoms with Crippen molar-refractivity contribution >= 4 is 43.4 Å². The van der Waals surface area contributed by atoms with Crippen LogP contribution in [0.1, 0.15) is 109 Å². The predicted octanol–water partition coefficient (Wildman–Crippen LogP) is 4.46. The van der Waals surface area contributed by atoms with E-state index in [1.54, 1.807) is 6.92 Å². The number of nitrogens with zero attached hydrogens (tertiary/aromatic N) is 1. The molecule has 262 valence electrons. The first-order valence-electron chi connectivity index (χ1n) is 16.6. The Labute approximate surface area is 278 Å². The minimum atomic E-state index is -4.10. The molecule has 1 aromatic rings. The van der Waals surface area contributed by atoms with Crippen LogP contribution in [-0.2, 0) is 29.4 Å². The lowest BCUT2D eigenvalue weighted by Gasteiger charge is -2.27. The number of carbonyl (C=O) groups is 1. The average molecular weight is 705 g/mol. The van der Waals surface area contributed by atoms with Gasteiger partial charge in [-0.25, -0.2) is 8.42 Å². The standard InChI is InChI=1S/C32H52N2O9S3/c1-4-6-12-23(35)15-16-25-24(28(36)21-29(25)37)13-9-7-8-10-14-30(38)43-18-11-17-34-46(41,42)31-20-26-27(33-5-2)19-22(3)45(39,40)32(26)44-31/h7,9,17,20,22-25,27-29,33,35-37H,4-6,8,10-16,18-19,21H2,1-3H3/b9-7-,34-17+/t22-,23-,24+,25+,27-,28-,29+/m0/s1. The topological polar surface area (TPSA) is 180 Å². The van der Waals surface area contributed by atoms with Gasteiger partial charge in [0.05, 0.1) is 30.2 Å². The van der Waals surface area contributed by atoms with Crippen molar-refractivity contribution in [3.8, 4) is 0 Å². The SMILES string of the molecule is CCCC[C@H](O)CC[C@@H]1[C@@H](C/C=C\CCCC(=O)OCC/C=N/S(=O)(=O)c2cc3c(s2)S(=O)(=O)[C@@H](C)C[C@@H]3NCC)[C@@H](O)C[C@H]1O. The molecule has 1 aliphatic heterocycles. The van der Waals surface area contributed by atoms with E-state index in [0.717, 1.165) is 36.8 Å². The number of ether oxygens (including phenoxy) is 1. The van der Waals surface area contributed by atoms with Gasteiger partial charge >= 0.3 is 5.97 Å². The largest absolute Gasteiger partial charge is 0.465 e. The van der Waals surface area contributed by atoms with Crippen molar-refractivity contribution in [2.45, 2.75) is 136 Å². The quantitative estimate of drug-likeness (QED) is 0.0695. The molecule has 0 spiro atoms. The number of sulfone groups is 1. The van der Waals surface area contributed by atoms with Crippen LogP contribution < -0.4 is 5.32 Å². The van der Waals surface area contributed by atoms with Crippen LogP contribution in [0.4, 0.5) is 0 Å². The number of sulfonamides is 1. The summed E-state index contributed by atoms with van der Waals surface area (Å²) in [5.74, 6) is -0.507. The second-order valence-electron chi connectivity index (χ2n) is 12.5. The highest BCUT2D eigenvalue weighted by Gasteiger charge is 2.41. The molecule has 2 aliphatic rings. The zero-order valence-corrected chi connectivity index (χ0v) is 29.7. The van der Waals surface area contributed by atoms with Crippen molar-refractivity contribution in [2.75, 3.05) is 13.2 Å². The van der Waals surface area contributed by atoms with Crippen molar-refractivity contribution < 1.29 is 41.7 Å². The third kappa shape index (κ3) is 10.7. The molecule has 0 unspecified atom stereocenters. The number of thiophene rings is 1. The van der Waals surface area contributed by atoms with Crippen LogP contribution in [0.2, 0.25) is 0 Å². The monoisotopic (exact) mass is 704 g/mol. The van der Waals surface area contributed by atoms with E-state index in [0.29, 0.717) is 57.1 Å². The Morgan fingerprint density at radius 2 is 1.87 bits per heavy atom. The van der Waals surface area contributed by atoms with Gasteiger partial charge < -0.3 is 25.4 Å². The zero-order valence-electron chi connectivity index (χ0n) is 27.2. The van der Waals surface area contributed by atoms with Crippen LogP contribution >= 0.6 is 11.3 Å². The third-order valence-electron chi connectivity index (χ3n) is 8.93. The highest BCUT2D eigenvalue weighted by atomic mass is 32.3. The molecule has 11 nitrogen and oxygen atoms in total. The van der Waals surface area contributed by atoms with Gasteiger partial charge in [0, 0.05) is 30.7 Å². The van der Waals surface area contributed by atoms with E-state index < -0.39 is 43.3 Å². The molecule has 1 fully saturated rings. The summed E-state index contributed by atoms with van der Waals surface area (Å²) < 4.78 is 60.0. The Morgan fingerprint density at radius 3 is 2.59 bits per heavy atom. The Hall–Kier alpha value is -1.68. The summed E-state index contributed by atoms with van der Waals surface area (Å²) in [6, 6.07) is 1.15. The maximum absolute atomic E-state index is 12.8. The lowest BCUT2D eigenvalue weighted by Crippen LogP contribution is -2.33. The first kappa shape index (κ1) is 38.8. The van der Waals surface area contributed by atoms with Crippen molar-refractivity contribution in [3.05, 3.63) is 23.8 Å². The van der Waals surface area contributed by atoms with Crippen LogP contribution in [0.25, 0.3) is 0 Å². The molecule has 0 aromatic carbocycles. The van der Waals surface area contributed by atoms with Crippen molar-refractivity contribution in [3.63, 3.8) is 0 Å². The summed E-state index contributed by atoms with van der Waals surface area (Å²) in [4.78, 5) is 12.1. The molecule has 1 aliphatic carbocycles. The van der Waals surface area contributed by atoms with Gasteiger partial charge in [-0.15, -0.1) is 11.3 Å². The molecule has 0 radical (unpaired) electrons. The Kier molecular flexibility index (Phi) is 15.3. The van der Waals surface area contributed by atoms with Crippen molar-refractivity contribution in [2.24, 2.45) is 16.2 Å². The van der Waals surface area contributed by atoms with Crippen LogP contribution in [0.15, 0.2) is 31.0 Å². The van der Waals surface area contributed by atoms with Gasteiger partial charge in [-0.3, -0.25) is 4.79 Å². The molecule has 7 atom stereocenters. The van der Waals surface area contributed by atoms with Gasteiger partial charge in [-0.1, -0.05) is 38.8 Å². The molecule has 0 amide bonds. The zero-order chi connectivity index (χ0) is 33.9. The number of allylic oxidation sites excluding steroid dienone is 2. The second kappa shape index (κ2) is 18.2. The van der Waals surface area contributed by atoms with E-state index in [1.807, 2.05) is 19.1 Å². The van der Waals surface area contributed by atoms with Gasteiger partial charge in [-0.05, 0) is 82.7 Å². The van der Waals surface area contributed by atoms with Crippen LogP contribution in [0.5, 0.6) is 0 Å². The Bertz CT molecular complexity index is 1390. The summed E-state index contributed by atoms with van der Waals surface area (Å²) >= 11 is 0.725. The Morgan fingerprint density at radius 1 is 1.13 bits per heavy atom. The van der Waals surface area contributed by atoms with E-state index in [4.69, 9.17) is 4.74 Å². The molecule has 14 heteroatoms. The number of hydrogen-bond acceptors (Lipinski definition) is 11. The highest BCUT2D eigenvalue weighted by Crippen LogP contribution is 2.43. The lowest BCUT2D eigenvalue weighted by molar-refractivity contribution is -0.143. The summed E-state index contributed by atoms with van der Waals surface area (Å²) in [5.41, 5.74) is 0.468. The van der Waals surface area contributed by atoms with Crippen molar-refractivity contribution in [1.29, 1.82) is 0 Å². The summed E-state index contributed by atoms with van der Waals surface area (Å²) in [6.45, 7) is 6.21. The number of esters is 1. The van der Waals surface area contributed by atoms with Gasteiger partial charge in [-0.2, -0.15) is 12.8 Å². The third-order valence-corrected chi connectivity index (χ3v) is 14.6. The predicted molar refractivity (Wildman–Crippen MR) is 179 cm³/mol. The number of nitrogens with one attached hydrogen (secondary N) is 1. The molecule has 0 bridgehead atoms. The molecule has 1 saturated carbocycles. The number of carbonyl (C=O) groups excluding carboxylic acids is 1. The van der Waals surface area contributed by atoms with E-state index in [2.05, 4.69) is 16.6 Å². The minimum absolute atomic E-state index is 0.0283. The maximum atomic E-state index is 12.8. The molecule has 2 heterocycles. The van der Waals surface area contributed by atoms with E-state index >= 15 is 0 Å². The molecule has 1 aromatic heterocycles. The normalized spacial score (nSPS) is 26.9. The number of aliphatic hydroxyl groups excluding tert-OH is 3. The second-order valence-corrected chi connectivity index (χ2v) is 17.9. The fourth-order valence-electron chi connectivity index (χ4n) is 6.28.